The number of pyridine rings is 1. The molecule has 3 fully saturated rings. The first-order valence-corrected chi connectivity index (χ1v) is 11.6. The lowest BCUT2D eigenvalue weighted by Crippen LogP contribution is -2.50. The molecule has 170 valence electrons. The maximum Gasteiger partial charge on any atom is 0.410 e. The fourth-order valence-electron chi connectivity index (χ4n) is 5.13. The number of carbonyl (C=O) groups excluding carboxylic acids is 2. The van der Waals surface area contributed by atoms with Crippen molar-refractivity contribution in [2.75, 3.05) is 44.2 Å². The second kappa shape index (κ2) is 9.85. The molecule has 1 aromatic rings. The Morgan fingerprint density at radius 1 is 1.13 bits per heavy atom. The molecule has 1 amide bonds. The van der Waals surface area contributed by atoms with Crippen LogP contribution in [-0.4, -0.2) is 84.4 Å². The zero-order chi connectivity index (χ0) is 21.8. The fraction of sp³-hybridized carbons (Fsp3) is 0.696. The van der Waals surface area contributed by atoms with Crippen LogP contribution in [0.4, 0.5) is 10.5 Å². The first-order chi connectivity index (χ1) is 15.1. The van der Waals surface area contributed by atoms with Crippen molar-refractivity contribution in [2.45, 2.75) is 57.7 Å². The van der Waals surface area contributed by atoms with Gasteiger partial charge in [0.2, 0.25) is 0 Å². The minimum atomic E-state index is -0.179. The number of ether oxygens (including phenoxy) is 2. The first-order valence-electron chi connectivity index (χ1n) is 11.6. The topological polar surface area (TPSA) is 75.2 Å². The van der Waals surface area contributed by atoms with E-state index in [1.54, 1.807) is 0 Å². The Hall–Kier alpha value is -2.35. The van der Waals surface area contributed by atoms with Crippen molar-refractivity contribution in [2.24, 2.45) is 5.92 Å². The lowest BCUT2D eigenvalue weighted by molar-refractivity contribution is -0.149. The number of esters is 1. The van der Waals surface area contributed by atoms with Crippen LogP contribution >= 0.6 is 0 Å². The number of carbonyl (C=O) groups is 2. The summed E-state index contributed by atoms with van der Waals surface area (Å²) in [6.45, 7) is 8.66. The van der Waals surface area contributed by atoms with Gasteiger partial charge in [0.05, 0.1) is 18.6 Å². The van der Waals surface area contributed by atoms with Crippen LogP contribution in [0.2, 0.25) is 0 Å². The van der Waals surface area contributed by atoms with E-state index in [-0.39, 0.29) is 36.2 Å². The Labute approximate surface area is 184 Å². The monoisotopic (exact) mass is 430 g/mol. The highest BCUT2D eigenvalue weighted by atomic mass is 16.6. The largest absolute Gasteiger partial charge is 0.466 e. The van der Waals surface area contributed by atoms with Crippen molar-refractivity contribution < 1.29 is 19.1 Å². The highest BCUT2D eigenvalue weighted by Gasteiger charge is 2.44. The zero-order valence-electron chi connectivity index (χ0n) is 18.6. The average Bonchev–Trinajstić information content (AvgIpc) is 3.08. The van der Waals surface area contributed by atoms with Gasteiger partial charge >= 0.3 is 12.1 Å². The lowest BCUT2D eigenvalue weighted by atomic mass is 9.96. The number of rotatable bonds is 6. The van der Waals surface area contributed by atoms with Gasteiger partial charge in [-0.2, -0.15) is 0 Å². The molecule has 2 atom stereocenters. The van der Waals surface area contributed by atoms with Gasteiger partial charge in [-0.3, -0.25) is 19.6 Å². The van der Waals surface area contributed by atoms with Gasteiger partial charge in [0, 0.05) is 43.8 Å². The number of nitrogens with zero attached hydrogens (tertiary/aromatic N) is 4. The molecule has 3 aliphatic rings. The minimum absolute atomic E-state index is 0.00170. The molecule has 31 heavy (non-hydrogen) atoms. The molecule has 1 aromatic heterocycles. The van der Waals surface area contributed by atoms with E-state index in [2.05, 4.69) is 21.7 Å². The SMILES string of the molecule is CCOC(=O)C1CCN(CC2OC(=O)N(C3CCN(c4ccncc4)CC3)C2C)CC1. The normalized spacial score (nSPS) is 26.2. The van der Waals surface area contributed by atoms with E-state index in [0.29, 0.717) is 6.61 Å². The van der Waals surface area contributed by atoms with E-state index in [1.165, 1.54) is 5.69 Å². The molecule has 8 nitrogen and oxygen atoms in total. The Bertz CT molecular complexity index is 745. The van der Waals surface area contributed by atoms with Crippen LogP contribution in [0.1, 0.15) is 39.5 Å². The Balaban J connectivity index is 1.27. The van der Waals surface area contributed by atoms with Gasteiger partial charge in [-0.25, -0.2) is 4.79 Å². The summed E-state index contributed by atoms with van der Waals surface area (Å²) in [6.07, 6.45) is 6.85. The van der Waals surface area contributed by atoms with Crippen LogP contribution in [0.25, 0.3) is 0 Å². The molecule has 4 heterocycles. The maximum absolute atomic E-state index is 12.7. The highest BCUT2D eigenvalue weighted by molar-refractivity contribution is 5.72. The van der Waals surface area contributed by atoms with Crippen molar-refractivity contribution in [3.05, 3.63) is 24.5 Å². The number of anilines is 1. The summed E-state index contributed by atoms with van der Waals surface area (Å²) >= 11 is 0. The van der Waals surface area contributed by atoms with E-state index in [4.69, 9.17) is 9.47 Å². The van der Waals surface area contributed by atoms with Crippen LogP contribution < -0.4 is 4.90 Å². The lowest BCUT2D eigenvalue weighted by Gasteiger charge is -2.39. The number of hydrogen-bond donors (Lipinski definition) is 0. The van der Waals surface area contributed by atoms with E-state index in [1.807, 2.05) is 36.4 Å². The number of likely N-dealkylation sites (tertiary alicyclic amines) is 1. The smallest absolute Gasteiger partial charge is 0.410 e. The highest BCUT2D eigenvalue weighted by Crippen LogP contribution is 2.30. The third kappa shape index (κ3) is 4.95. The number of piperidine rings is 2. The molecule has 4 rings (SSSR count). The van der Waals surface area contributed by atoms with Gasteiger partial charge in [0.15, 0.2) is 0 Å². The Morgan fingerprint density at radius 3 is 2.45 bits per heavy atom. The Morgan fingerprint density at radius 2 is 1.81 bits per heavy atom. The number of amides is 1. The summed E-state index contributed by atoms with van der Waals surface area (Å²) in [4.78, 5) is 35.4. The van der Waals surface area contributed by atoms with Crippen LogP contribution in [0.5, 0.6) is 0 Å². The molecule has 0 aromatic carbocycles. The van der Waals surface area contributed by atoms with Crippen LogP contribution in [0.3, 0.4) is 0 Å². The van der Waals surface area contributed by atoms with Crippen molar-refractivity contribution in [3.8, 4) is 0 Å². The van der Waals surface area contributed by atoms with Crippen molar-refractivity contribution >= 4 is 17.7 Å². The molecule has 0 saturated carbocycles. The van der Waals surface area contributed by atoms with Crippen LogP contribution in [0, 0.1) is 5.92 Å². The molecule has 0 spiro atoms. The quantitative estimate of drug-likeness (QED) is 0.642. The molecule has 3 saturated heterocycles. The first kappa shape index (κ1) is 21.9. The summed E-state index contributed by atoms with van der Waals surface area (Å²) < 4.78 is 11.0. The number of aromatic nitrogens is 1. The second-order valence-electron chi connectivity index (χ2n) is 8.82. The molecule has 3 aliphatic heterocycles. The fourth-order valence-corrected chi connectivity index (χ4v) is 5.13. The van der Waals surface area contributed by atoms with Gasteiger partial charge in [-0.1, -0.05) is 0 Å². The van der Waals surface area contributed by atoms with Crippen molar-refractivity contribution in [1.29, 1.82) is 0 Å². The number of hydrogen-bond acceptors (Lipinski definition) is 7. The predicted octanol–water partition coefficient (Wildman–Crippen LogP) is 2.53. The average molecular weight is 431 g/mol. The van der Waals surface area contributed by atoms with Crippen molar-refractivity contribution in [3.63, 3.8) is 0 Å². The molecule has 0 bridgehead atoms. The van der Waals surface area contributed by atoms with E-state index in [9.17, 15) is 9.59 Å². The van der Waals surface area contributed by atoms with Gasteiger partial charge in [-0.15, -0.1) is 0 Å². The predicted molar refractivity (Wildman–Crippen MR) is 117 cm³/mol. The molecule has 2 unspecified atom stereocenters. The molecule has 0 N–H and O–H groups in total. The summed E-state index contributed by atoms with van der Waals surface area (Å²) in [5.41, 5.74) is 1.19. The summed E-state index contributed by atoms with van der Waals surface area (Å²) in [5.74, 6) is -0.0751. The standard InChI is InChI=1S/C23H34N4O4/c1-3-30-22(28)18-6-12-25(13-7-18)16-21-17(2)27(23(29)31-21)20-8-14-26(15-9-20)19-4-10-24-11-5-19/h4-5,10-11,17-18,20-21H,3,6-9,12-16H2,1-2H3. The van der Waals surface area contributed by atoms with Gasteiger partial charge in [-0.05, 0) is 64.8 Å². The second-order valence-corrected chi connectivity index (χ2v) is 8.82. The molecular formula is C23H34N4O4. The molecule has 8 heteroatoms. The van der Waals surface area contributed by atoms with Crippen molar-refractivity contribution in [1.82, 2.24) is 14.8 Å². The van der Waals surface area contributed by atoms with E-state index < -0.39 is 0 Å². The third-order valence-electron chi connectivity index (χ3n) is 6.97. The molecule has 0 aliphatic carbocycles. The van der Waals surface area contributed by atoms with E-state index >= 15 is 0 Å². The summed E-state index contributed by atoms with van der Waals surface area (Å²) in [5, 5.41) is 0. The molecular weight excluding hydrogens is 396 g/mol. The minimum Gasteiger partial charge on any atom is -0.466 e. The Kier molecular flexibility index (Phi) is 6.95. The summed E-state index contributed by atoms with van der Waals surface area (Å²) in [7, 11) is 0. The van der Waals surface area contributed by atoms with E-state index in [0.717, 1.165) is 58.4 Å². The van der Waals surface area contributed by atoms with Crippen LogP contribution in [0.15, 0.2) is 24.5 Å². The zero-order valence-corrected chi connectivity index (χ0v) is 18.6. The summed E-state index contributed by atoms with van der Waals surface area (Å²) in [6, 6.07) is 4.36. The van der Waals surface area contributed by atoms with Crippen LogP contribution in [-0.2, 0) is 14.3 Å². The maximum atomic E-state index is 12.7. The van der Waals surface area contributed by atoms with Gasteiger partial charge in [0.1, 0.15) is 6.10 Å². The van der Waals surface area contributed by atoms with Gasteiger partial charge < -0.3 is 14.4 Å². The number of cyclic esters (lactones) is 1. The third-order valence-corrected chi connectivity index (χ3v) is 6.97. The molecule has 0 radical (unpaired) electrons. The van der Waals surface area contributed by atoms with Gasteiger partial charge in [0.25, 0.3) is 0 Å².